The minimum absolute atomic E-state index is 0.559. The minimum atomic E-state index is 0.559. The lowest BCUT2D eigenvalue weighted by Gasteiger charge is -2.07. The first-order chi connectivity index (χ1) is 11.2. The Morgan fingerprint density at radius 1 is 1.17 bits per heavy atom. The summed E-state index contributed by atoms with van der Waals surface area (Å²) in [5.41, 5.74) is 4.99. The summed E-state index contributed by atoms with van der Waals surface area (Å²) in [6.45, 7) is 2.02. The van der Waals surface area contributed by atoms with E-state index in [-0.39, 0.29) is 0 Å². The third-order valence-corrected chi connectivity index (χ3v) is 3.78. The van der Waals surface area contributed by atoms with Crippen LogP contribution in [0.4, 0.5) is 11.6 Å². The van der Waals surface area contributed by atoms with Crippen LogP contribution in [0, 0.1) is 6.92 Å². The Labute approximate surface area is 133 Å². The molecule has 6 heteroatoms. The molecule has 0 bridgehead atoms. The van der Waals surface area contributed by atoms with Gasteiger partial charge in [0.25, 0.3) is 0 Å². The van der Waals surface area contributed by atoms with Crippen LogP contribution >= 0.6 is 0 Å². The number of fused-ring (bicyclic) bond motifs is 1. The number of nitrogens with zero attached hydrogens (tertiary/aromatic N) is 4. The summed E-state index contributed by atoms with van der Waals surface area (Å²) in [6, 6.07) is 8.21. The van der Waals surface area contributed by atoms with Crippen LogP contribution in [0.5, 0.6) is 0 Å². The van der Waals surface area contributed by atoms with Gasteiger partial charge in [-0.15, -0.1) is 0 Å². The average Bonchev–Trinajstić information content (AvgIpc) is 3.15. The number of hydrogen-bond donors (Lipinski definition) is 2. The van der Waals surface area contributed by atoms with Gasteiger partial charge in [0.15, 0.2) is 0 Å². The van der Waals surface area contributed by atoms with E-state index in [0.29, 0.717) is 5.95 Å². The van der Waals surface area contributed by atoms with E-state index in [0.717, 1.165) is 33.4 Å². The normalized spacial score (nSPS) is 11.0. The van der Waals surface area contributed by atoms with Crippen LogP contribution in [0.25, 0.3) is 22.2 Å². The Morgan fingerprint density at radius 2 is 2.04 bits per heavy atom. The van der Waals surface area contributed by atoms with Crippen molar-refractivity contribution in [3.8, 4) is 11.3 Å². The number of anilines is 2. The smallest absolute Gasteiger partial charge is 0.227 e. The summed E-state index contributed by atoms with van der Waals surface area (Å²) in [5.74, 6) is 0.559. The molecule has 0 fully saturated rings. The highest BCUT2D eigenvalue weighted by molar-refractivity contribution is 5.95. The van der Waals surface area contributed by atoms with Crippen LogP contribution in [-0.4, -0.2) is 24.7 Å². The maximum atomic E-state index is 4.69. The molecule has 0 aliphatic heterocycles. The number of aryl methyl sites for hydroxylation is 2. The van der Waals surface area contributed by atoms with Gasteiger partial charge >= 0.3 is 0 Å². The van der Waals surface area contributed by atoms with Crippen LogP contribution in [0.2, 0.25) is 0 Å². The minimum Gasteiger partial charge on any atom is -0.360 e. The van der Waals surface area contributed by atoms with Crippen molar-refractivity contribution in [2.75, 3.05) is 5.32 Å². The molecule has 1 aromatic carbocycles. The molecule has 0 unspecified atom stereocenters. The zero-order valence-corrected chi connectivity index (χ0v) is 12.9. The molecule has 0 saturated heterocycles. The standard InChI is InChI=1S/C17H16N6/c1-11-7-19-17(21-12-8-20-23(2)10-12)22-16(11)14-9-18-15-6-4-3-5-13(14)15/h3-10,18H,1-2H3,(H,19,21,22). The van der Waals surface area contributed by atoms with E-state index in [4.69, 9.17) is 4.98 Å². The van der Waals surface area contributed by atoms with E-state index in [1.165, 1.54) is 0 Å². The molecular weight excluding hydrogens is 288 g/mol. The summed E-state index contributed by atoms with van der Waals surface area (Å²) in [4.78, 5) is 12.3. The zero-order chi connectivity index (χ0) is 15.8. The van der Waals surface area contributed by atoms with Gasteiger partial charge in [-0.25, -0.2) is 9.97 Å². The number of para-hydroxylation sites is 1. The highest BCUT2D eigenvalue weighted by Crippen LogP contribution is 2.29. The lowest BCUT2D eigenvalue weighted by atomic mass is 10.1. The molecule has 4 aromatic rings. The lowest BCUT2D eigenvalue weighted by molar-refractivity contribution is 0.768. The summed E-state index contributed by atoms with van der Waals surface area (Å²) < 4.78 is 1.73. The van der Waals surface area contributed by atoms with E-state index in [1.54, 1.807) is 10.9 Å². The first-order valence-electron chi connectivity index (χ1n) is 7.36. The predicted octanol–water partition coefficient (Wildman–Crippen LogP) is 3.41. The Kier molecular flexibility index (Phi) is 3.08. The number of hydrogen-bond acceptors (Lipinski definition) is 4. The summed E-state index contributed by atoms with van der Waals surface area (Å²) in [5, 5.41) is 8.48. The number of H-pyrrole nitrogens is 1. The van der Waals surface area contributed by atoms with Crippen molar-refractivity contribution in [1.82, 2.24) is 24.7 Å². The summed E-state index contributed by atoms with van der Waals surface area (Å²) in [6.07, 6.45) is 7.46. The Morgan fingerprint density at radius 3 is 2.87 bits per heavy atom. The second-order valence-electron chi connectivity index (χ2n) is 5.50. The molecule has 0 spiro atoms. The molecule has 0 aliphatic carbocycles. The van der Waals surface area contributed by atoms with Crippen LogP contribution in [0.15, 0.2) is 49.1 Å². The molecule has 0 atom stereocenters. The van der Waals surface area contributed by atoms with Gasteiger partial charge in [0, 0.05) is 42.1 Å². The largest absolute Gasteiger partial charge is 0.360 e. The topological polar surface area (TPSA) is 71.4 Å². The SMILES string of the molecule is Cc1cnc(Nc2cnn(C)c2)nc1-c1c[nH]c2ccccc12. The van der Waals surface area contributed by atoms with Crippen molar-refractivity contribution in [3.63, 3.8) is 0 Å². The van der Waals surface area contributed by atoms with Crippen molar-refractivity contribution in [1.29, 1.82) is 0 Å². The second-order valence-corrected chi connectivity index (χ2v) is 5.50. The maximum absolute atomic E-state index is 4.69. The predicted molar refractivity (Wildman–Crippen MR) is 90.6 cm³/mol. The Balaban J connectivity index is 1.77. The van der Waals surface area contributed by atoms with Gasteiger partial charge in [0.1, 0.15) is 0 Å². The van der Waals surface area contributed by atoms with Gasteiger partial charge < -0.3 is 10.3 Å². The molecule has 0 saturated carbocycles. The van der Waals surface area contributed by atoms with Crippen LogP contribution in [0.3, 0.4) is 0 Å². The zero-order valence-electron chi connectivity index (χ0n) is 12.9. The Bertz CT molecular complexity index is 982. The maximum Gasteiger partial charge on any atom is 0.227 e. The number of aromatic nitrogens is 5. The first-order valence-corrected chi connectivity index (χ1v) is 7.36. The number of nitrogens with one attached hydrogen (secondary N) is 2. The molecule has 4 rings (SSSR count). The monoisotopic (exact) mass is 304 g/mol. The molecule has 2 N–H and O–H groups in total. The van der Waals surface area contributed by atoms with Gasteiger partial charge in [0.05, 0.1) is 17.6 Å². The molecular formula is C17H16N6. The van der Waals surface area contributed by atoms with Crippen LogP contribution < -0.4 is 5.32 Å². The molecule has 114 valence electrons. The number of benzene rings is 1. The fourth-order valence-electron chi connectivity index (χ4n) is 2.66. The van der Waals surface area contributed by atoms with Crippen LogP contribution in [-0.2, 0) is 7.05 Å². The molecule has 0 amide bonds. The third kappa shape index (κ3) is 2.44. The van der Waals surface area contributed by atoms with Gasteiger partial charge in [-0.1, -0.05) is 18.2 Å². The highest BCUT2D eigenvalue weighted by atomic mass is 15.3. The van der Waals surface area contributed by atoms with Gasteiger partial charge in [-0.2, -0.15) is 5.10 Å². The van der Waals surface area contributed by atoms with Gasteiger partial charge in [-0.3, -0.25) is 4.68 Å². The molecule has 23 heavy (non-hydrogen) atoms. The summed E-state index contributed by atoms with van der Waals surface area (Å²) >= 11 is 0. The quantitative estimate of drug-likeness (QED) is 0.608. The molecule has 0 radical (unpaired) electrons. The van der Waals surface area contributed by atoms with E-state index < -0.39 is 0 Å². The van der Waals surface area contributed by atoms with Crippen molar-refractivity contribution in [3.05, 3.63) is 54.6 Å². The van der Waals surface area contributed by atoms with E-state index in [2.05, 4.69) is 32.5 Å². The third-order valence-electron chi connectivity index (χ3n) is 3.78. The van der Waals surface area contributed by atoms with Gasteiger partial charge in [0.2, 0.25) is 5.95 Å². The van der Waals surface area contributed by atoms with Crippen molar-refractivity contribution in [2.24, 2.45) is 7.05 Å². The number of aromatic amines is 1. The first kappa shape index (κ1) is 13.5. The number of rotatable bonds is 3. The molecule has 3 aromatic heterocycles. The van der Waals surface area contributed by atoms with Crippen molar-refractivity contribution in [2.45, 2.75) is 6.92 Å². The van der Waals surface area contributed by atoms with Gasteiger partial charge in [-0.05, 0) is 18.6 Å². The van der Waals surface area contributed by atoms with Crippen LogP contribution in [0.1, 0.15) is 5.56 Å². The highest BCUT2D eigenvalue weighted by Gasteiger charge is 2.11. The summed E-state index contributed by atoms with van der Waals surface area (Å²) in [7, 11) is 1.87. The molecule has 6 nitrogen and oxygen atoms in total. The lowest BCUT2D eigenvalue weighted by Crippen LogP contribution is -1.99. The fraction of sp³-hybridized carbons (Fsp3) is 0.118. The van der Waals surface area contributed by atoms with Crippen molar-refractivity contribution >= 4 is 22.5 Å². The van der Waals surface area contributed by atoms with E-state index >= 15 is 0 Å². The molecule has 3 heterocycles. The van der Waals surface area contributed by atoms with E-state index in [1.807, 2.05) is 44.7 Å². The second kappa shape index (κ2) is 5.24. The fourth-order valence-corrected chi connectivity index (χ4v) is 2.66. The molecule has 0 aliphatic rings. The Hall–Kier alpha value is -3.15. The van der Waals surface area contributed by atoms with E-state index in [9.17, 15) is 0 Å². The van der Waals surface area contributed by atoms with Crippen molar-refractivity contribution < 1.29 is 0 Å². The average molecular weight is 304 g/mol.